The van der Waals surface area contributed by atoms with Gasteiger partial charge in [-0.05, 0) is 24.3 Å². The molecule has 1 amide bonds. The molecule has 4 N–H and O–H groups in total. The lowest BCUT2D eigenvalue weighted by Gasteiger charge is -2.09. The van der Waals surface area contributed by atoms with Crippen molar-refractivity contribution >= 4 is 38.9 Å². The van der Waals surface area contributed by atoms with Gasteiger partial charge in [-0.2, -0.15) is 0 Å². The minimum absolute atomic E-state index is 0.0588. The first-order valence-electron chi connectivity index (χ1n) is 5.72. The Morgan fingerprint density at radius 2 is 2.00 bits per heavy atom. The lowest BCUT2D eigenvalue weighted by molar-refractivity contribution is -0.384. The summed E-state index contributed by atoms with van der Waals surface area (Å²) < 4.78 is 0.717. The fourth-order valence-corrected chi connectivity index (χ4v) is 2.05. The number of phenols is 1. The Hall–Kier alpha value is -2.61. The van der Waals surface area contributed by atoms with Gasteiger partial charge >= 0.3 is 0 Å². The van der Waals surface area contributed by atoms with Crippen LogP contribution in [0.4, 0.5) is 17.1 Å². The van der Waals surface area contributed by atoms with Crippen molar-refractivity contribution in [3.8, 4) is 5.75 Å². The number of nitrogen functional groups attached to an aromatic ring is 1. The number of aromatic hydroxyl groups is 1. The Morgan fingerprint density at radius 1 is 1.29 bits per heavy atom. The van der Waals surface area contributed by atoms with Gasteiger partial charge in [0.25, 0.3) is 11.6 Å². The summed E-state index contributed by atoms with van der Waals surface area (Å²) in [6.45, 7) is 0. The van der Waals surface area contributed by atoms with E-state index >= 15 is 0 Å². The molecule has 0 bridgehead atoms. The molecule has 0 saturated heterocycles. The molecule has 0 aromatic heterocycles. The number of carbonyl (C=O) groups is 1. The zero-order valence-electron chi connectivity index (χ0n) is 10.5. The molecular formula is C13H10BrN3O4. The van der Waals surface area contributed by atoms with E-state index in [9.17, 15) is 20.0 Å². The highest BCUT2D eigenvalue weighted by Crippen LogP contribution is 2.29. The second kappa shape index (κ2) is 5.80. The first-order valence-corrected chi connectivity index (χ1v) is 6.51. The van der Waals surface area contributed by atoms with Crippen LogP contribution in [0.15, 0.2) is 40.9 Å². The molecule has 108 valence electrons. The predicted molar refractivity (Wildman–Crippen MR) is 81.3 cm³/mol. The number of carbonyl (C=O) groups excluding carboxylic acids is 1. The van der Waals surface area contributed by atoms with Gasteiger partial charge in [-0.3, -0.25) is 14.9 Å². The van der Waals surface area contributed by atoms with Crippen molar-refractivity contribution in [1.82, 2.24) is 0 Å². The maximum atomic E-state index is 12.1. The van der Waals surface area contributed by atoms with Gasteiger partial charge in [0.1, 0.15) is 5.75 Å². The molecule has 0 aliphatic rings. The Bertz CT molecular complexity index is 733. The molecule has 0 fully saturated rings. The topological polar surface area (TPSA) is 118 Å². The second-order valence-corrected chi connectivity index (χ2v) is 5.06. The molecule has 0 spiro atoms. The van der Waals surface area contributed by atoms with Crippen molar-refractivity contribution in [1.29, 1.82) is 0 Å². The van der Waals surface area contributed by atoms with Crippen LogP contribution in [0.1, 0.15) is 10.4 Å². The number of nitrogens with zero attached hydrogens (tertiary/aromatic N) is 1. The molecule has 2 aromatic rings. The van der Waals surface area contributed by atoms with E-state index in [4.69, 9.17) is 5.73 Å². The van der Waals surface area contributed by atoms with Crippen LogP contribution in [-0.4, -0.2) is 15.9 Å². The second-order valence-electron chi connectivity index (χ2n) is 4.14. The van der Waals surface area contributed by atoms with Gasteiger partial charge in [-0.1, -0.05) is 15.9 Å². The summed E-state index contributed by atoms with van der Waals surface area (Å²) in [5.74, 6) is -0.847. The number of nitro groups is 1. The van der Waals surface area contributed by atoms with Crippen LogP contribution in [-0.2, 0) is 0 Å². The summed E-state index contributed by atoms with van der Waals surface area (Å²) in [5.41, 5.74) is 5.87. The van der Waals surface area contributed by atoms with Crippen molar-refractivity contribution in [2.45, 2.75) is 0 Å². The Morgan fingerprint density at radius 3 is 2.62 bits per heavy atom. The first kappa shape index (κ1) is 14.8. The van der Waals surface area contributed by atoms with E-state index in [-0.39, 0.29) is 28.4 Å². The summed E-state index contributed by atoms with van der Waals surface area (Å²) >= 11 is 3.22. The maximum absolute atomic E-state index is 12.1. The van der Waals surface area contributed by atoms with Crippen LogP contribution in [0.2, 0.25) is 0 Å². The van der Waals surface area contributed by atoms with Gasteiger partial charge in [0.15, 0.2) is 0 Å². The summed E-state index contributed by atoms with van der Waals surface area (Å²) in [7, 11) is 0. The molecule has 7 nitrogen and oxygen atoms in total. The van der Waals surface area contributed by atoms with Crippen LogP contribution < -0.4 is 11.1 Å². The largest absolute Gasteiger partial charge is 0.506 e. The van der Waals surface area contributed by atoms with E-state index in [0.717, 1.165) is 22.7 Å². The number of benzene rings is 2. The first-order chi connectivity index (χ1) is 9.88. The van der Waals surface area contributed by atoms with Gasteiger partial charge in [0.05, 0.1) is 16.2 Å². The Labute approximate surface area is 127 Å². The van der Waals surface area contributed by atoms with Crippen molar-refractivity contribution in [2.75, 3.05) is 11.1 Å². The molecule has 21 heavy (non-hydrogen) atoms. The van der Waals surface area contributed by atoms with E-state index in [0.29, 0.717) is 0 Å². The fourth-order valence-electron chi connectivity index (χ4n) is 1.67. The predicted octanol–water partition coefficient (Wildman–Crippen LogP) is 2.90. The summed E-state index contributed by atoms with van der Waals surface area (Å²) in [6.07, 6.45) is 0. The lowest BCUT2D eigenvalue weighted by Crippen LogP contribution is -2.14. The average molecular weight is 352 g/mol. The number of anilines is 2. The zero-order chi connectivity index (χ0) is 15.6. The number of rotatable bonds is 3. The molecule has 2 aromatic carbocycles. The Kier molecular flexibility index (Phi) is 4.08. The molecule has 0 atom stereocenters. The number of nitrogens with one attached hydrogen (secondary N) is 1. The quantitative estimate of drug-likeness (QED) is 0.340. The zero-order valence-corrected chi connectivity index (χ0v) is 12.1. The molecule has 0 unspecified atom stereocenters. The minimum atomic E-state index is -0.622. The fraction of sp³-hybridized carbons (Fsp3) is 0. The van der Waals surface area contributed by atoms with Crippen LogP contribution in [0.3, 0.4) is 0 Å². The SMILES string of the molecule is Nc1cc(Br)ccc1C(=O)Nc1cc([N+](=O)[O-])ccc1O. The molecule has 0 aliphatic carbocycles. The number of hydrogen-bond donors (Lipinski definition) is 3. The molecule has 0 radical (unpaired) electrons. The molecule has 2 rings (SSSR count). The summed E-state index contributed by atoms with van der Waals surface area (Å²) in [5, 5.41) is 22.7. The molecule has 0 heterocycles. The number of nitro benzene ring substituents is 1. The van der Waals surface area contributed by atoms with E-state index in [1.54, 1.807) is 12.1 Å². The lowest BCUT2D eigenvalue weighted by atomic mass is 10.1. The normalized spacial score (nSPS) is 10.1. The monoisotopic (exact) mass is 351 g/mol. The number of phenolic OH excluding ortho intramolecular Hbond substituents is 1. The third-order valence-corrected chi connectivity index (χ3v) is 3.19. The highest BCUT2D eigenvalue weighted by Gasteiger charge is 2.15. The summed E-state index contributed by atoms with van der Waals surface area (Å²) in [6, 6.07) is 8.05. The van der Waals surface area contributed by atoms with Crippen LogP contribution in [0.5, 0.6) is 5.75 Å². The minimum Gasteiger partial charge on any atom is -0.506 e. The van der Waals surface area contributed by atoms with Crippen molar-refractivity contribution in [2.24, 2.45) is 0 Å². The number of hydrogen-bond acceptors (Lipinski definition) is 5. The van der Waals surface area contributed by atoms with Crippen molar-refractivity contribution in [3.05, 3.63) is 56.5 Å². The van der Waals surface area contributed by atoms with E-state index in [2.05, 4.69) is 21.2 Å². The maximum Gasteiger partial charge on any atom is 0.271 e. The smallest absolute Gasteiger partial charge is 0.271 e. The van der Waals surface area contributed by atoms with E-state index in [1.807, 2.05) is 0 Å². The van der Waals surface area contributed by atoms with Gasteiger partial charge < -0.3 is 16.2 Å². The van der Waals surface area contributed by atoms with Crippen molar-refractivity contribution < 1.29 is 14.8 Å². The number of halogens is 1. The van der Waals surface area contributed by atoms with Gasteiger partial charge in [0, 0.05) is 22.3 Å². The molecule has 8 heteroatoms. The van der Waals surface area contributed by atoms with Gasteiger partial charge in [-0.15, -0.1) is 0 Å². The summed E-state index contributed by atoms with van der Waals surface area (Å²) in [4.78, 5) is 22.2. The molecule has 0 aliphatic heterocycles. The third kappa shape index (κ3) is 3.29. The number of amides is 1. The number of nitrogens with two attached hydrogens (primary N) is 1. The highest BCUT2D eigenvalue weighted by atomic mass is 79.9. The number of non-ortho nitro benzene ring substituents is 1. The molecular weight excluding hydrogens is 342 g/mol. The Balaban J connectivity index is 2.31. The van der Waals surface area contributed by atoms with Crippen LogP contribution >= 0.6 is 15.9 Å². The van der Waals surface area contributed by atoms with Crippen molar-refractivity contribution in [3.63, 3.8) is 0 Å². The van der Waals surface area contributed by atoms with Gasteiger partial charge in [-0.25, -0.2) is 0 Å². The van der Waals surface area contributed by atoms with Crippen LogP contribution in [0.25, 0.3) is 0 Å². The average Bonchev–Trinajstić information content (AvgIpc) is 2.40. The third-order valence-electron chi connectivity index (χ3n) is 2.70. The van der Waals surface area contributed by atoms with E-state index < -0.39 is 10.8 Å². The van der Waals surface area contributed by atoms with E-state index in [1.165, 1.54) is 6.07 Å². The highest BCUT2D eigenvalue weighted by molar-refractivity contribution is 9.10. The van der Waals surface area contributed by atoms with Crippen LogP contribution in [0, 0.1) is 10.1 Å². The standard InChI is InChI=1S/C13H10BrN3O4/c14-7-1-3-9(10(15)5-7)13(19)16-11-6-8(17(20)21)2-4-12(11)18/h1-6,18H,15H2,(H,16,19). The van der Waals surface area contributed by atoms with Gasteiger partial charge in [0.2, 0.25) is 0 Å². The molecule has 0 saturated carbocycles.